The number of hydrogen-bond acceptors (Lipinski definition) is 3. The average Bonchev–Trinajstić information content (AvgIpc) is 2.34. The molecule has 0 aliphatic carbocycles. The second-order valence-electron chi connectivity index (χ2n) is 1.51. The lowest BCUT2D eigenvalue weighted by Gasteiger charge is -1.83. The molecule has 0 saturated heterocycles. The molecule has 0 aliphatic rings. The minimum absolute atomic E-state index is 0.690. The molecule has 1 N–H and O–H groups in total. The van der Waals surface area contributed by atoms with Crippen LogP contribution in [0.15, 0.2) is 12.7 Å². The Balaban J connectivity index is 2.38. The zero-order valence-corrected chi connectivity index (χ0v) is 4.91. The summed E-state index contributed by atoms with van der Waals surface area (Å²) in [5.74, 6) is 0.690. The Morgan fingerprint density at radius 2 is 2.56 bits per heavy atom. The summed E-state index contributed by atoms with van der Waals surface area (Å²) in [6, 6.07) is 0. The van der Waals surface area contributed by atoms with Crippen molar-refractivity contribution in [3.63, 3.8) is 0 Å². The molecule has 9 heavy (non-hydrogen) atoms. The van der Waals surface area contributed by atoms with Crippen LogP contribution in [0, 0.1) is 6.42 Å². The molecule has 0 aromatic carbocycles. The van der Waals surface area contributed by atoms with E-state index in [0.29, 0.717) is 5.82 Å². The van der Waals surface area contributed by atoms with Gasteiger partial charge in [0.1, 0.15) is 0 Å². The largest absolute Gasteiger partial charge is 0.243 e. The second-order valence-corrected chi connectivity index (χ2v) is 1.51. The van der Waals surface area contributed by atoms with Crippen LogP contribution in [0.5, 0.6) is 0 Å². The minimum atomic E-state index is 0.690. The quantitative estimate of drug-likeness (QED) is 0.589. The molecule has 0 spiro atoms. The summed E-state index contributed by atoms with van der Waals surface area (Å²) in [4.78, 5) is 0. The van der Waals surface area contributed by atoms with E-state index >= 15 is 0 Å². The Labute approximate surface area is 53.0 Å². The molecular weight excluding hydrogens is 116 g/mol. The standard InChI is InChI=1S/C5H7N4/c1-2-3-4-5-6-8-9-7-5/h2,4H,1,3H2,(H,6,7,8,9). The number of tetrazole rings is 1. The Morgan fingerprint density at radius 3 is 3.11 bits per heavy atom. The summed E-state index contributed by atoms with van der Waals surface area (Å²) in [5, 5.41) is 13.0. The van der Waals surface area contributed by atoms with Crippen LogP contribution in [0.25, 0.3) is 0 Å². The van der Waals surface area contributed by atoms with E-state index in [9.17, 15) is 0 Å². The van der Waals surface area contributed by atoms with Crippen LogP contribution in [0.1, 0.15) is 12.2 Å². The van der Waals surface area contributed by atoms with Crippen LogP contribution in [-0.4, -0.2) is 20.6 Å². The zero-order valence-electron chi connectivity index (χ0n) is 4.91. The highest BCUT2D eigenvalue weighted by Gasteiger charge is 1.92. The van der Waals surface area contributed by atoms with Crippen molar-refractivity contribution < 1.29 is 0 Å². The van der Waals surface area contributed by atoms with Gasteiger partial charge in [-0.05, 0) is 16.8 Å². The number of H-pyrrole nitrogens is 1. The first-order valence-electron chi connectivity index (χ1n) is 2.61. The smallest absolute Gasteiger partial charge is 0.152 e. The monoisotopic (exact) mass is 123 g/mol. The first-order chi connectivity index (χ1) is 4.43. The maximum atomic E-state index is 3.63. The molecule has 0 atom stereocenters. The van der Waals surface area contributed by atoms with E-state index in [2.05, 4.69) is 27.2 Å². The third kappa shape index (κ3) is 1.64. The van der Waals surface area contributed by atoms with E-state index in [0.717, 1.165) is 6.42 Å². The van der Waals surface area contributed by atoms with Gasteiger partial charge in [0.05, 0.1) is 0 Å². The average molecular weight is 123 g/mol. The Bertz CT molecular complexity index is 167. The number of nitrogens with one attached hydrogen (secondary N) is 1. The maximum absolute atomic E-state index is 3.63. The fraction of sp³-hybridized carbons (Fsp3) is 0.200. The summed E-state index contributed by atoms with van der Waals surface area (Å²) in [6.07, 6.45) is 4.42. The molecule has 0 aliphatic heterocycles. The van der Waals surface area contributed by atoms with Gasteiger partial charge in [-0.3, -0.25) is 0 Å². The number of hydrogen-bond donors (Lipinski definition) is 1. The predicted molar refractivity (Wildman–Crippen MR) is 32.4 cm³/mol. The molecule has 4 nitrogen and oxygen atoms in total. The summed E-state index contributed by atoms with van der Waals surface area (Å²) < 4.78 is 0. The Morgan fingerprint density at radius 1 is 1.67 bits per heavy atom. The van der Waals surface area contributed by atoms with Crippen LogP contribution in [-0.2, 0) is 0 Å². The maximum Gasteiger partial charge on any atom is 0.152 e. The van der Waals surface area contributed by atoms with Gasteiger partial charge in [0.25, 0.3) is 0 Å². The summed E-state index contributed by atoms with van der Waals surface area (Å²) >= 11 is 0. The number of rotatable bonds is 3. The Kier molecular flexibility index (Phi) is 1.95. The van der Waals surface area contributed by atoms with Gasteiger partial charge in [0.2, 0.25) is 0 Å². The summed E-state index contributed by atoms with van der Waals surface area (Å²) in [6.45, 7) is 3.55. The molecular formula is C5H7N4. The lowest BCUT2D eigenvalue weighted by Crippen LogP contribution is -1.82. The summed E-state index contributed by atoms with van der Waals surface area (Å²) in [7, 11) is 0. The van der Waals surface area contributed by atoms with Crippen LogP contribution in [0.3, 0.4) is 0 Å². The van der Waals surface area contributed by atoms with Crippen LogP contribution >= 0.6 is 0 Å². The minimum Gasteiger partial charge on any atom is -0.243 e. The van der Waals surface area contributed by atoms with Crippen LogP contribution < -0.4 is 0 Å². The molecule has 1 aromatic rings. The first-order valence-corrected chi connectivity index (χ1v) is 2.61. The van der Waals surface area contributed by atoms with E-state index in [1.807, 2.05) is 6.42 Å². The van der Waals surface area contributed by atoms with Gasteiger partial charge < -0.3 is 0 Å². The number of aromatic amines is 1. The van der Waals surface area contributed by atoms with Crippen LogP contribution in [0.2, 0.25) is 0 Å². The van der Waals surface area contributed by atoms with Crippen molar-refractivity contribution in [2.24, 2.45) is 0 Å². The topological polar surface area (TPSA) is 54.5 Å². The molecule has 1 rings (SSSR count). The van der Waals surface area contributed by atoms with E-state index in [1.165, 1.54) is 0 Å². The molecule has 4 heteroatoms. The number of nitrogens with zero attached hydrogens (tertiary/aromatic N) is 3. The molecule has 1 heterocycles. The van der Waals surface area contributed by atoms with Gasteiger partial charge >= 0.3 is 0 Å². The van der Waals surface area contributed by atoms with Gasteiger partial charge in [0, 0.05) is 6.42 Å². The lowest BCUT2D eigenvalue weighted by molar-refractivity contribution is 0.881. The van der Waals surface area contributed by atoms with E-state index in [1.54, 1.807) is 6.08 Å². The van der Waals surface area contributed by atoms with Gasteiger partial charge in [-0.2, -0.15) is 0 Å². The first kappa shape index (κ1) is 5.94. The highest BCUT2D eigenvalue weighted by molar-refractivity contribution is 4.98. The van der Waals surface area contributed by atoms with Crippen molar-refractivity contribution >= 4 is 0 Å². The van der Waals surface area contributed by atoms with Crippen molar-refractivity contribution in [3.05, 3.63) is 24.9 Å². The molecule has 0 bridgehead atoms. The predicted octanol–water partition coefficient (Wildman–Crippen LogP) is 0.328. The normalized spacial score (nSPS) is 9.33. The molecule has 1 aromatic heterocycles. The molecule has 0 unspecified atom stereocenters. The fourth-order valence-corrected chi connectivity index (χ4v) is 0.448. The third-order valence-electron chi connectivity index (χ3n) is 0.840. The van der Waals surface area contributed by atoms with E-state index in [4.69, 9.17) is 0 Å². The molecule has 1 radical (unpaired) electrons. The van der Waals surface area contributed by atoms with E-state index < -0.39 is 0 Å². The molecule has 0 amide bonds. The molecule has 0 saturated carbocycles. The molecule has 47 valence electrons. The van der Waals surface area contributed by atoms with Crippen LogP contribution in [0.4, 0.5) is 0 Å². The van der Waals surface area contributed by atoms with Crippen molar-refractivity contribution in [2.45, 2.75) is 6.42 Å². The highest BCUT2D eigenvalue weighted by atomic mass is 15.5. The van der Waals surface area contributed by atoms with Crippen molar-refractivity contribution in [1.29, 1.82) is 0 Å². The van der Waals surface area contributed by atoms with E-state index in [-0.39, 0.29) is 0 Å². The molecule has 0 fully saturated rings. The number of aromatic nitrogens is 4. The summed E-state index contributed by atoms with van der Waals surface area (Å²) in [5.41, 5.74) is 0. The van der Waals surface area contributed by atoms with Gasteiger partial charge in [-0.15, -0.1) is 11.7 Å². The Hall–Kier alpha value is -1.19. The van der Waals surface area contributed by atoms with Crippen molar-refractivity contribution in [1.82, 2.24) is 20.6 Å². The lowest BCUT2D eigenvalue weighted by atomic mass is 10.3. The third-order valence-corrected chi connectivity index (χ3v) is 0.840. The zero-order chi connectivity index (χ0) is 6.53. The SMILES string of the molecule is C=CC[CH]c1nnn[nH]1. The highest BCUT2D eigenvalue weighted by Crippen LogP contribution is 1.93. The van der Waals surface area contributed by atoms with Crippen molar-refractivity contribution in [3.8, 4) is 0 Å². The van der Waals surface area contributed by atoms with Crippen molar-refractivity contribution in [2.75, 3.05) is 0 Å². The number of allylic oxidation sites excluding steroid dienone is 1. The van der Waals surface area contributed by atoms with Gasteiger partial charge in [-0.1, -0.05) is 6.08 Å². The van der Waals surface area contributed by atoms with Gasteiger partial charge in [-0.25, -0.2) is 5.10 Å². The second kappa shape index (κ2) is 2.96. The van der Waals surface area contributed by atoms with Gasteiger partial charge in [0.15, 0.2) is 5.82 Å². The fourth-order valence-electron chi connectivity index (χ4n) is 0.448.